The molecule has 4 rings (SSSR count). The van der Waals surface area contributed by atoms with Crippen molar-refractivity contribution < 1.29 is 18.8 Å². The second kappa shape index (κ2) is 7.40. The maximum absolute atomic E-state index is 13.9. The fraction of sp³-hybridized carbons (Fsp3) is 0.632. The van der Waals surface area contributed by atoms with Gasteiger partial charge in [-0.3, -0.25) is 14.5 Å². The molecule has 25 heavy (non-hydrogen) atoms. The number of hydrogen-bond acceptors (Lipinski definition) is 4. The monoisotopic (exact) mass is 348 g/mol. The molecule has 136 valence electrons. The van der Waals surface area contributed by atoms with Crippen molar-refractivity contribution >= 4 is 5.91 Å². The molecule has 3 saturated heterocycles. The van der Waals surface area contributed by atoms with Crippen molar-refractivity contribution in [3.8, 4) is 0 Å². The van der Waals surface area contributed by atoms with E-state index >= 15 is 0 Å². The Hall–Kier alpha value is -1.50. The van der Waals surface area contributed by atoms with Gasteiger partial charge in [-0.15, -0.1) is 0 Å². The molecular formula is C19H25FN2O3. The SMILES string of the molecule is O=C(C[C@@H]1OC[C@H]2CN(Cc3ccccc3F)CC[C@H]21)N1CCCO1. The average molecular weight is 348 g/mol. The van der Waals surface area contributed by atoms with Crippen molar-refractivity contribution in [2.24, 2.45) is 11.8 Å². The number of rotatable bonds is 4. The zero-order valence-corrected chi connectivity index (χ0v) is 14.4. The first-order chi connectivity index (χ1) is 12.2. The van der Waals surface area contributed by atoms with Gasteiger partial charge in [0.05, 0.1) is 32.3 Å². The number of likely N-dealkylation sites (tertiary alicyclic amines) is 1. The summed E-state index contributed by atoms with van der Waals surface area (Å²) in [7, 11) is 0. The Labute approximate surface area is 147 Å². The van der Waals surface area contributed by atoms with E-state index in [1.165, 1.54) is 11.1 Å². The summed E-state index contributed by atoms with van der Waals surface area (Å²) in [5.41, 5.74) is 0.748. The third-order valence-corrected chi connectivity index (χ3v) is 5.64. The van der Waals surface area contributed by atoms with Gasteiger partial charge in [0.1, 0.15) is 5.82 Å². The maximum atomic E-state index is 13.9. The Kier molecular flexibility index (Phi) is 5.01. The molecule has 1 aromatic rings. The Morgan fingerprint density at radius 2 is 2.16 bits per heavy atom. The lowest BCUT2D eigenvalue weighted by molar-refractivity contribution is -0.171. The number of carbonyl (C=O) groups is 1. The lowest BCUT2D eigenvalue weighted by atomic mass is 9.83. The van der Waals surface area contributed by atoms with Crippen molar-refractivity contribution in [2.75, 3.05) is 32.8 Å². The number of fused-ring (bicyclic) bond motifs is 1. The molecule has 0 spiro atoms. The van der Waals surface area contributed by atoms with Gasteiger partial charge in [-0.1, -0.05) is 18.2 Å². The first-order valence-electron chi connectivity index (χ1n) is 9.21. The number of ether oxygens (including phenoxy) is 1. The van der Waals surface area contributed by atoms with Crippen molar-refractivity contribution in [1.29, 1.82) is 0 Å². The molecular weight excluding hydrogens is 323 g/mol. The molecule has 0 aliphatic carbocycles. The van der Waals surface area contributed by atoms with E-state index in [1.807, 2.05) is 12.1 Å². The standard InChI is InChI=1S/C19H25FN2O3/c20-17-5-2-1-4-14(17)11-21-8-6-16-15(12-21)13-24-18(16)10-19(23)22-7-3-9-25-22/h1-2,4-5,15-16,18H,3,6-13H2/t15-,16-,18+/m1/s1. The first-order valence-corrected chi connectivity index (χ1v) is 9.21. The van der Waals surface area contributed by atoms with E-state index in [4.69, 9.17) is 9.57 Å². The summed E-state index contributed by atoms with van der Waals surface area (Å²) < 4.78 is 19.8. The summed E-state index contributed by atoms with van der Waals surface area (Å²) in [6.45, 7) is 4.48. The number of halogens is 1. The quantitative estimate of drug-likeness (QED) is 0.837. The predicted octanol–water partition coefficient (Wildman–Crippen LogP) is 2.22. The Morgan fingerprint density at radius 1 is 1.28 bits per heavy atom. The van der Waals surface area contributed by atoms with Crippen LogP contribution < -0.4 is 0 Å². The van der Waals surface area contributed by atoms with Crippen LogP contribution in [0.25, 0.3) is 0 Å². The van der Waals surface area contributed by atoms with Crippen LogP contribution in [0, 0.1) is 17.7 Å². The molecule has 1 amide bonds. The van der Waals surface area contributed by atoms with Crippen molar-refractivity contribution in [2.45, 2.75) is 31.9 Å². The number of nitrogens with zero attached hydrogens (tertiary/aromatic N) is 2. The molecule has 3 atom stereocenters. The minimum atomic E-state index is -0.138. The molecule has 0 radical (unpaired) electrons. The minimum absolute atomic E-state index is 0.00249. The summed E-state index contributed by atoms with van der Waals surface area (Å²) >= 11 is 0. The van der Waals surface area contributed by atoms with Gasteiger partial charge in [0.25, 0.3) is 0 Å². The molecule has 0 saturated carbocycles. The Bertz CT molecular complexity index is 620. The van der Waals surface area contributed by atoms with Gasteiger partial charge in [0.15, 0.2) is 0 Å². The molecule has 3 aliphatic heterocycles. The van der Waals surface area contributed by atoms with E-state index in [1.54, 1.807) is 6.07 Å². The second-order valence-electron chi connectivity index (χ2n) is 7.30. The van der Waals surface area contributed by atoms with Gasteiger partial charge < -0.3 is 4.74 Å². The fourth-order valence-corrected chi connectivity index (χ4v) is 4.30. The first kappa shape index (κ1) is 16.9. The number of hydroxylamine groups is 2. The molecule has 0 aromatic heterocycles. The Morgan fingerprint density at radius 3 is 2.96 bits per heavy atom. The Balaban J connectivity index is 1.31. The lowest BCUT2D eigenvalue weighted by Crippen LogP contribution is -2.42. The van der Waals surface area contributed by atoms with Gasteiger partial charge >= 0.3 is 0 Å². The molecule has 1 aromatic carbocycles. The molecule has 0 N–H and O–H groups in total. The smallest absolute Gasteiger partial charge is 0.248 e. The zero-order valence-electron chi connectivity index (χ0n) is 14.4. The maximum Gasteiger partial charge on any atom is 0.248 e. The van der Waals surface area contributed by atoms with Crippen LogP contribution in [0.15, 0.2) is 24.3 Å². The fourth-order valence-electron chi connectivity index (χ4n) is 4.30. The van der Waals surface area contributed by atoms with Crippen LogP contribution in [0.1, 0.15) is 24.8 Å². The molecule has 0 unspecified atom stereocenters. The van der Waals surface area contributed by atoms with Crippen LogP contribution >= 0.6 is 0 Å². The van der Waals surface area contributed by atoms with Gasteiger partial charge in [0.2, 0.25) is 5.91 Å². The van der Waals surface area contributed by atoms with E-state index in [0.717, 1.165) is 31.5 Å². The van der Waals surface area contributed by atoms with Gasteiger partial charge in [-0.05, 0) is 31.4 Å². The van der Waals surface area contributed by atoms with Crippen molar-refractivity contribution in [3.05, 3.63) is 35.6 Å². The van der Waals surface area contributed by atoms with Gasteiger partial charge in [-0.2, -0.15) is 0 Å². The third-order valence-electron chi connectivity index (χ3n) is 5.64. The molecule has 5 nitrogen and oxygen atoms in total. The highest BCUT2D eigenvalue weighted by Crippen LogP contribution is 2.36. The van der Waals surface area contributed by atoms with Crippen LogP contribution in [-0.4, -0.2) is 54.8 Å². The molecule has 3 aliphatic rings. The molecule has 3 heterocycles. The van der Waals surface area contributed by atoms with E-state index < -0.39 is 0 Å². The van der Waals surface area contributed by atoms with Crippen LogP contribution in [-0.2, 0) is 20.9 Å². The van der Waals surface area contributed by atoms with Crippen molar-refractivity contribution in [1.82, 2.24) is 9.96 Å². The van der Waals surface area contributed by atoms with E-state index in [-0.39, 0.29) is 17.8 Å². The normalized spacial score (nSPS) is 29.8. The number of carbonyl (C=O) groups excluding carboxylic acids is 1. The van der Waals surface area contributed by atoms with E-state index in [9.17, 15) is 9.18 Å². The average Bonchev–Trinajstić information content (AvgIpc) is 3.27. The third kappa shape index (κ3) is 3.71. The number of amides is 1. The highest BCUT2D eigenvalue weighted by Gasteiger charge is 2.42. The number of hydrogen-bond donors (Lipinski definition) is 0. The highest BCUT2D eigenvalue weighted by molar-refractivity contribution is 5.75. The summed E-state index contributed by atoms with van der Waals surface area (Å²) in [5.74, 6) is 0.750. The summed E-state index contributed by atoms with van der Waals surface area (Å²) in [6.07, 6.45) is 2.32. The summed E-state index contributed by atoms with van der Waals surface area (Å²) in [4.78, 5) is 19.9. The number of piperidine rings is 1. The van der Waals surface area contributed by atoms with E-state index in [2.05, 4.69) is 4.90 Å². The molecule has 6 heteroatoms. The highest BCUT2D eigenvalue weighted by atomic mass is 19.1. The van der Waals surface area contributed by atoms with Crippen LogP contribution in [0.5, 0.6) is 0 Å². The van der Waals surface area contributed by atoms with Gasteiger partial charge in [0, 0.05) is 24.6 Å². The lowest BCUT2D eigenvalue weighted by Gasteiger charge is -2.35. The second-order valence-corrected chi connectivity index (χ2v) is 7.30. The minimum Gasteiger partial charge on any atom is -0.377 e. The van der Waals surface area contributed by atoms with E-state index in [0.29, 0.717) is 44.6 Å². The topological polar surface area (TPSA) is 42.0 Å². The van der Waals surface area contributed by atoms with Crippen LogP contribution in [0.4, 0.5) is 4.39 Å². The predicted molar refractivity (Wildman–Crippen MR) is 89.9 cm³/mol. The van der Waals surface area contributed by atoms with Crippen LogP contribution in [0.2, 0.25) is 0 Å². The van der Waals surface area contributed by atoms with Gasteiger partial charge in [-0.25, -0.2) is 9.45 Å². The largest absolute Gasteiger partial charge is 0.377 e. The van der Waals surface area contributed by atoms with Crippen molar-refractivity contribution in [3.63, 3.8) is 0 Å². The zero-order chi connectivity index (χ0) is 17.2. The molecule has 3 fully saturated rings. The number of benzene rings is 1. The van der Waals surface area contributed by atoms with Crippen LogP contribution in [0.3, 0.4) is 0 Å². The summed E-state index contributed by atoms with van der Waals surface area (Å²) in [5, 5.41) is 1.49. The summed E-state index contributed by atoms with van der Waals surface area (Å²) in [6, 6.07) is 6.97. The molecule has 0 bridgehead atoms.